The van der Waals surface area contributed by atoms with Crippen LogP contribution < -0.4 is 15.4 Å². The second-order valence-corrected chi connectivity index (χ2v) is 8.40. The van der Waals surface area contributed by atoms with Crippen molar-refractivity contribution in [2.75, 3.05) is 13.1 Å². The van der Waals surface area contributed by atoms with Gasteiger partial charge in [0.25, 0.3) is 5.91 Å². The van der Waals surface area contributed by atoms with Crippen LogP contribution >= 0.6 is 0 Å². The molecule has 2 N–H and O–H groups in total. The first-order valence-corrected chi connectivity index (χ1v) is 11.6. The van der Waals surface area contributed by atoms with Gasteiger partial charge in [-0.05, 0) is 44.5 Å². The number of allylic oxidation sites excluding steroid dienone is 3. The number of aryl methyl sites for hydroxylation is 1. The normalized spacial score (nSPS) is 16.5. The van der Waals surface area contributed by atoms with E-state index in [1.54, 1.807) is 0 Å². The van der Waals surface area contributed by atoms with Gasteiger partial charge in [0.15, 0.2) is 5.82 Å². The van der Waals surface area contributed by atoms with Gasteiger partial charge in [-0.2, -0.15) is 4.98 Å². The lowest BCUT2D eigenvalue weighted by molar-refractivity contribution is -0.121. The van der Waals surface area contributed by atoms with Gasteiger partial charge in [0.1, 0.15) is 5.75 Å². The molecule has 1 aliphatic heterocycles. The number of nitrogens with one attached hydrogen (secondary N) is 2. The Hall–Kier alpha value is -4.08. The lowest BCUT2D eigenvalue weighted by Crippen LogP contribution is -2.28. The third-order valence-electron chi connectivity index (χ3n) is 5.30. The molecule has 0 fully saturated rings. The Balaban J connectivity index is 1.16. The molecule has 2 heterocycles. The van der Waals surface area contributed by atoms with Gasteiger partial charge < -0.3 is 19.9 Å². The molecular weight excluding hydrogens is 448 g/mol. The third-order valence-corrected chi connectivity index (χ3v) is 5.30. The first kappa shape index (κ1) is 24.1. The van der Waals surface area contributed by atoms with Gasteiger partial charge in [-0.1, -0.05) is 29.5 Å². The van der Waals surface area contributed by atoms with E-state index in [4.69, 9.17) is 9.26 Å². The van der Waals surface area contributed by atoms with Gasteiger partial charge in [-0.25, -0.2) is 0 Å². The quantitative estimate of drug-likeness (QED) is 0.475. The topological polar surface area (TPSA) is 131 Å². The molecule has 0 spiro atoms. The monoisotopic (exact) mass is 476 g/mol. The number of ether oxygens (including phenoxy) is 1. The van der Waals surface area contributed by atoms with E-state index in [9.17, 15) is 9.59 Å². The fraction of sp³-hybridized carbons (Fsp3) is 0.360. The summed E-state index contributed by atoms with van der Waals surface area (Å²) >= 11 is 0. The van der Waals surface area contributed by atoms with Crippen LogP contribution in [0.25, 0.3) is 11.4 Å². The number of fused-ring (bicyclic) bond motifs is 1. The number of benzene rings is 1. The van der Waals surface area contributed by atoms with Gasteiger partial charge in [-0.3, -0.25) is 9.59 Å². The zero-order chi connectivity index (χ0) is 24.6. The van der Waals surface area contributed by atoms with Crippen LogP contribution in [0.5, 0.6) is 5.75 Å². The molecule has 1 aromatic heterocycles. The predicted octanol–water partition coefficient (Wildman–Crippen LogP) is 3.50. The molecule has 0 saturated carbocycles. The lowest BCUT2D eigenvalue weighted by atomic mass is 9.93. The molecule has 182 valence electrons. The number of rotatable bonds is 11. The maximum absolute atomic E-state index is 12.2. The van der Waals surface area contributed by atoms with E-state index < -0.39 is 0 Å². The van der Waals surface area contributed by atoms with Gasteiger partial charge in [0.2, 0.25) is 17.6 Å². The minimum Gasteiger partial charge on any atom is -0.491 e. The first-order valence-electron chi connectivity index (χ1n) is 11.6. The fourth-order valence-corrected chi connectivity index (χ4v) is 3.60. The van der Waals surface area contributed by atoms with Gasteiger partial charge in [0.05, 0.1) is 12.0 Å². The number of carbonyl (C=O) groups excluding carboxylic acids is 2. The van der Waals surface area contributed by atoms with E-state index in [1.807, 2.05) is 62.4 Å². The minimum atomic E-state index is -0.372. The largest absolute Gasteiger partial charge is 0.491 e. The Kier molecular flexibility index (Phi) is 7.81. The Morgan fingerprint density at radius 3 is 2.77 bits per heavy atom. The number of hydrogen-bond acceptors (Lipinski definition) is 8. The highest BCUT2D eigenvalue weighted by molar-refractivity contribution is 5.86. The lowest BCUT2D eigenvalue weighted by Gasteiger charge is -2.20. The van der Waals surface area contributed by atoms with E-state index >= 15 is 0 Å². The van der Waals surface area contributed by atoms with Crippen LogP contribution in [-0.4, -0.2) is 41.1 Å². The molecule has 0 radical (unpaired) electrons. The van der Waals surface area contributed by atoms with Crippen molar-refractivity contribution in [3.63, 3.8) is 0 Å². The molecule has 2 aliphatic rings. The molecule has 1 unspecified atom stereocenters. The number of carbonyl (C=O) groups is 2. The molecular formula is C25H28N6O4. The molecule has 1 aliphatic carbocycles. The van der Waals surface area contributed by atoms with E-state index in [1.165, 1.54) is 0 Å². The van der Waals surface area contributed by atoms with Crippen molar-refractivity contribution in [3.05, 3.63) is 65.9 Å². The highest BCUT2D eigenvalue weighted by Gasteiger charge is 2.26. The van der Waals surface area contributed by atoms with Crippen molar-refractivity contribution in [1.82, 2.24) is 20.8 Å². The van der Waals surface area contributed by atoms with E-state index in [-0.39, 0.29) is 30.3 Å². The maximum atomic E-state index is 12.2. The highest BCUT2D eigenvalue weighted by atomic mass is 16.5. The zero-order valence-corrected chi connectivity index (χ0v) is 19.7. The second kappa shape index (κ2) is 11.4. The van der Waals surface area contributed by atoms with E-state index in [0.717, 1.165) is 16.9 Å². The molecule has 10 heteroatoms. The smallest absolute Gasteiger partial charge is 0.276 e. The average Bonchev–Trinajstić information content (AvgIpc) is 3.33. The summed E-state index contributed by atoms with van der Waals surface area (Å²) in [5, 5.41) is 17.7. The Bertz CT molecular complexity index is 1180. The van der Waals surface area contributed by atoms with Gasteiger partial charge in [0, 0.05) is 37.1 Å². The summed E-state index contributed by atoms with van der Waals surface area (Å²) < 4.78 is 10.9. The van der Waals surface area contributed by atoms with Crippen LogP contribution in [0.1, 0.15) is 32.6 Å². The molecule has 0 bridgehead atoms. The number of nitrogens with zero attached hydrogens (tertiary/aromatic N) is 4. The van der Waals surface area contributed by atoms with Crippen LogP contribution in [0.2, 0.25) is 0 Å². The molecule has 2 amide bonds. The SMILES string of the molecule is CC(C)Oc1ccc(-c2noc(CCC(=O)NCCCNC3=C4C=CC=CC4C(=O)N=N3)n2)cc1. The standard InChI is InChI=1S/C25H28N6O4/c1-16(2)34-18-10-8-17(9-11-18)23-28-22(35-31-23)13-12-21(32)26-14-5-15-27-24-19-6-3-4-7-20(19)25(33)30-29-24/h3-4,6-11,16,20,27H,5,12-15H2,1-2H3,(H,26,32). The van der Waals surface area contributed by atoms with E-state index in [2.05, 4.69) is 31.0 Å². The van der Waals surface area contributed by atoms with Crippen LogP contribution in [0.3, 0.4) is 0 Å². The van der Waals surface area contributed by atoms with Gasteiger partial charge >= 0.3 is 0 Å². The number of azo groups is 1. The second-order valence-electron chi connectivity index (χ2n) is 8.40. The summed E-state index contributed by atoms with van der Waals surface area (Å²) in [5.74, 6) is 1.53. The zero-order valence-electron chi connectivity index (χ0n) is 19.7. The third kappa shape index (κ3) is 6.50. The first-order chi connectivity index (χ1) is 17.0. The summed E-state index contributed by atoms with van der Waals surface area (Å²) in [6.07, 6.45) is 8.78. The maximum Gasteiger partial charge on any atom is 0.276 e. The van der Waals surface area contributed by atoms with Crippen molar-refractivity contribution >= 4 is 11.8 Å². The van der Waals surface area contributed by atoms with Crippen LogP contribution in [-0.2, 0) is 16.0 Å². The summed E-state index contributed by atoms with van der Waals surface area (Å²) in [4.78, 5) is 28.4. The highest BCUT2D eigenvalue weighted by Crippen LogP contribution is 2.27. The minimum absolute atomic E-state index is 0.0923. The van der Waals surface area contributed by atoms with Crippen LogP contribution in [0, 0.1) is 5.92 Å². The molecule has 35 heavy (non-hydrogen) atoms. The molecule has 1 atom stereocenters. The van der Waals surface area contributed by atoms with Crippen LogP contribution in [0.4, 0.5) is 0 Å². The van der Waals surface area contributed by atoms with Crippen LogP contribution in [0.15, 0.2) is 74.7 Å². The molecule has 4 rings (SSSR count). The van der Waals surface area contributed by atoms with Gasteiger partial charge in [-0.15, -0.1) is 10.2 Å². The predicted molar refractivity (Wildman–Crippen MR) is 128 cm³/mol. The average molecular weight is 477 g/mol. The van der Waals surface area contributed by atoms with Crippen molar-refractivity contribution < 1.29 is 18.8 Å². The van der Waals surface area contributed by atoms with E-state index in [0.29, 0.717) is 43.5 Å². The number of hydrogen-bond donors (Lipinski definition) is 2. The molecule has 2 aromatic rings. The Labute approximate surface area is 203 Å². The molecule has 1 aromatic carbocycles. The fourth-order valence-electron chi connectivity index (χ4n) is 3.60. The summed E-state index contributed by atoms with van der Waals surface area (Å²) in [5.41, 5.74) is 1.63. The van der Waals surface area contributed by atoms with Crippen molar-refractivity contribution in [3.8, 4) is 17.1 Å². The molecule has 0 saturated heterocycles. The summed E-state index contributed by atoms with van der Waals surface area (Å²) in [7, 11) is 0. The summed E-state index contributed by atoms with van der Waals surface area (Å²) in [6.45, 7) is 5.04. The van der Waals surface area contributed by atoms with Crippen molar-refractivity contribution in [1.29, 1.82) is 0 Å². The van der Waals surface area contributed by atoms with Crippen molar-refractivity contribution in [2.24, 2.45) is 16.1 Å². The van der Waals surface area contributed by atoms with Crippen molar-refractivity contribution in [2.45, 2.75) is 39.2 Å². The number of amides is 2. The Morgan fingerprint density at radius 2 is 1.97 bits per heavy atom. The number of aromatic nitrogens is 2. The molecule has 10 nitrogen and oxygen atoms in total. The summed E-state index contributed by atoms with van der Waals surface area (Å²) in [6, 6.07) is 7.47. The Morgan fingerprint density at radius 1 is 1.14 bits per heavy atom.